The van der Waals surface area contributed by atoms with Crippen LogP contribution in [0.4, 0.5) is 0 Å². The van der Waals surface area contributed by atoms with Crippen LogP contribution in [-0.4, -0.2) is 17.2 Å². The molecule has 0 aromatic rings. The number of nitrogens with one attached hydrogen (secondary N) is 1. The quantitative estimate of drug-likeness (QED) is 0.688. The number of hydrogen-bond acceptors (Lipinski definition) is 2. The van der Waals surface area contributed by atoms with Gasteiger partial charge in [0.2, 0.25) is 0 Å². The minimum Gasteiger partial charge on any atom is -0.303 e. The topological polar surface area (TPSA) is 12.0 Å². The molecule has 2 unspecified atom stereocenters. The second-order valence-corrected chi connectivity index (χ2v) is 5.16. The molecule has 0 aromatic heterocycles. The Labute approximate surface area is 74.3 Å². The summed E-state index contributed by atoms with van der Waals surface area (Å²) < 4.78 is 0. The van der Waals surface area contributed by atoms with Gasteiger partial charge >= 0.3 is 0 Å². The Morgan fingerprint density at radius 2 is 2.27 bits per heavy atom. The van der Waals surface area contributed by atoms with E-state index < -0.39 is 0 Å². The molecule has 66 valence electrons. The fourth-order valence-corrected chi connectivity index (χ4v) is 3.02. The van der Waals surface area contributed by atoms with Crippen LogP contribution in [0.3, 0.4) is 0 Å². The molecule has 0 aliphatic carbocycles. The molecule has 0 bridgehead atoms. The highest BCUT2D eigenvalue weighted by atomic mass is 32.2. The Morgan fingerprint density at radius 3 is 2.82 bits per heavy atom. The summed E-state index contributed by atoms with van der Waals surface area (Å²) in [6.07, 6.45) is 2.65. The first-order valence-electron chi connectivity index (χ1n) is 4.56. The van der Waals surface area contributed by atoms with Crippen molar-refractivity contribution in [2.45, 2.75) is 45.0 Å². The fourth-order valence-electron chi connectivity index (χ4n) is 1.40. The summed E-state index contributed by atoms with van der Waals surface area (Å²) in [7, 11) is 0. The van der Waals surface area contributed by atoms with E-state index in [1.807, 2.05) is 0 Å². The van der Waals surface area contributed by atoms with E-state index in [2.05, 4.69) is 37.8 Å². The lowest BCUT2D eigenvalue weighted by molar-refractivity contribution is 0.443. The summed E-state index contributed by atoms with van der Waals surface area (Å²) in [5, 5.41) is 4.33. The molecule has 1 N–H and O–H groups in total. The average molecular weight is 173 g/mol. The lowest BCUT2D eigenvalue weighted by Crippen LogP contribution is -2.39. The van der Waals surface area contributed by atoms with Gasteiger partial charge in [-0.3, -0.25) is 0 Å². The molecule has 1 heterocycles. The van der Waals surface area contributed by atoms with Crippen LogP contribution in [0.1, 0.15) is 33.6 Å². The first kappa shape index (κ1) is 9.40. The molecule has 2 heteroatoms. The minimum absolute atomic E-state index is 0.721. The molecule has 2 atom stereocenters. The highest BCUT2D eigenvalue weighted by Crippen LogP contribution is 2.23. The third-order valence-corrected chi connectivity index (χ3v) is 3.23. The van der Waals surface area contributed by atoms with Gasteiger partial charge in [0.25, 0.3) is 0 Å². The summed E-state index contributed by atoms with van der Waals surface area (Å²) in [6, 6.07) is 0.736. The van der Waals surface area contributed by atoms with Crippen LogP contribution >= 0.6 is 11.8 Å². The van der Waals surface area contributed by atoms with Crippen LogP contribution in [0.15, 0.2) is 0 Å². The summed E-state index contributed by atoms with van der Waals surface area (Å²) in [5.74, 6) is 2.16. The zero-order valence-electron chi connectivity index (χ0n) is 7.76. The molecule has 1 rings (SSSR count). The largest absolute Gasteiger partial charge is 0.303 e. The third-order valence-electron chi connectivity index (χ3n) is 2.03. The van der Waals surface area contributed by atoms with Gasteiger partial charge in [-0.05, 0) is 31.4 Å². The van der Waals surface area contributed by atoms with E-state index in [1.165, 1.54) is 18.6 Å². The zero-order chi connectivity index (χ0) is 8.27. The van der Waals surface area contributed by atoms with Crippen LogP contribution < -0.4 is 5.32 Å². The van der Waals surface area contributed by atoms with E-state index in [1.54, 1.807) is 0 Å². The Hall–Kier alpha value is 0.310. The standard InChI is InChI=1S/C9H19NS/c1-7(2)6-9-10-8(3)4-5-11-9/h7-10H,4-6H2,1-3H3. The average Bonchev–Trinajstić information content (AvgIpc) is 1.85. The van der Waals surface area contributed by atoms with Gasteiger partial charge in [0.05, 0.1) is 5.37 Å². The predicted molar refractivity (Wildman–Crippen MR) is 52.9 cm³/mol. The first-order chi connectivity index (χ1) is 5.18. The molecular weight excluding hydrogens is 154 g/mol. The summed E-state index contributed by atoms with van der Waals surface area (Å²) in [5.41, 5.74) is 0. The maximum Gasteiger partial charge on any atom is 0.0536 e. The molecule has 0 spiro atoms. The molecule has 1 saturated heterocycles. The second kappa shape index (κ2) is 4.36. The Kier molecular flexibility index (Phi) is 3.73. The molecule has 11 heavy (non-hydrogen) atoms. The Balaban J connectivity index is 2.23. The van der Waals surface area contributed by atoms with Crippen LogP contribution in [-0.2, 0) is 0 Å². The van der Waals surface area contributed by atoms with E-state index >= 15 is 0 Å². The van der Waals surface area contributed by atoms with Crippen LogP contribution in [0, 0.1) is 5.92 Å². The van der Waals surface area contributed by atoms with E-state index in [-0.39, 0.29) is 0 Å². The van der Waals surface area contributed by atoms with Crippen molar-refractivity contribution in [3.63, 3.8) is 0 Å². The van der Waals surface area contributed by atoms with Crippen molar-refractivity contribution < 1.29 is 0 Å². The Morgan fingerprint density at radius 1 is 1.55 bits per heavy atom. The molecule has 1 aliphatic heterocycles. The molecule has 0 saturated carbocycles. The zero-order valence-corrected chi connectivity index (χ0v) is 8.58. The maximum absolute atomic E-state index is 3.61. The van der Waals surface area contributed by atoms with E-state index in [4.69, 9.17) is 0 Å². The molecule has 0 aromatic carbocycles. The number of hydrogen-bond donors (Lipinski definition) is 1. The molecule has 1 fully saturated rings. The Bertz CT molecular complexity index is 112. The smallest absolute Gasteiger partial charge is 0.0536 e. The van der Waals surface area contributed by atoms with Crippen molar-refractivity contribution in [3.05, 3.63) is 0 Å². The monoisotopic (exact) mass is 173 g/mol. The van der Waals surface area contributed by atoms with Crippen molar-refractivity contribution in [2.24, 2.45) is 5.92 Å². The normalized spacial score (nSPS) is 32.7. The minimum atomic E-state index is 0.721. The number of rotatable bonds is 2. The molecule has 1 nitrogen and oxygen atoms in total. The highest BCUT2D eigenvalue weighted by molar-refractivity contribution is 7.99. The summed E-state index contributed by atoms with van der Waals surface area (Å²) in [6.45, 7) is 6.87. The lowest BCUT2D eigenvalue weighted by atomic mass is 10.1. The van der Waals surface area contributed by atoms with E-state index in [9.17, 15) is 0 Å². The van der Waals surface area contributed by atoms with Crippen LogP contribution in [0.2, 0.25) is 0 Å². The highest BCUT2D eigenvalue weighted by Gasteiger charge is 2.18. The first-order valence-corrected chi connectivity index (χ1v) is 5.61. The summed E-state index contributed by atoms with van der Waals surface area (Å²) >= 11 is 2.08. The fraction of sp³-hybridized carbons (Fsp3) is 1.00. The van der Waals surface area contributed by atoms with Gasteiger partial charge in [0, 0.05) is 6.04 Å². The van der Waals surface area contributed by atoms with Gasteiger partial charge in [0.15, 0.2) is 0 Å². The van der Waals surface area contributed by atoms with Gasteiger partial charge in [-0.15, -0.1) is 11.8 Å². The van der Waals surface area contributed by atoms with E-state index in [0.717, 1.165) is 17.3 Å². The van der Waals surface area contributed by atoms with Crippen molar-refractivity contribution in [3.8, 4) is 0 Å². The van der Waals surface area contributed by atoms with Crippen LogP contribution in [0.25, 0.3) is 0 Å². The molecule has 0 radical (unpaired) electrons. The summed E-state index contributed by atoms with van der Waals surface area (Å²) in [4.78, 5) is 0. The van der Waals surface area contributed by atoms with Gasteiger partial charge < -0.3 is 5.32 Å². The van der Waals surface area contributed by atoms with Gasteiger partial charge in [-0.25, -0.2) is 0 Å². The third kappa shape index (κ3) is 3.48. The SMILES string of the molecule is CC(C)CC1NC(C)CCS1. The van der Waals surface area contributed by atoms with Crippen molar-refractivity contribution >= 4 is 11.8 Å². The maximum atomic E-state index is 3.61. The van der Waals surface area contributed by atoms with E-state index in [0.29, 0.717) is 0 Å². The lowest BCUT2D eigenvalue weighted by Gasteiger charge is -2.29. The molecule has 0 amide bonds. The molecular formula is C9H19NS. The van der Waals surface area contributed by atoms with Crippen molar-refractivity contribution in [1.82, 2.24) is 5.32 Å². The predicted octanol–water partition coefficient (Wildman–Crippen LogP) is 2.47. The number of thioether (sulfide) groups is 1. The second-order valence-electron chi connectivity index (χ2n) is 3.85. The van der Waals surface area contributed by atoms with Gasteiger partial charge in [-0.2, -0.15) is 0 Å². The molecule has 1 aliphatic rings. The van der Waals surface area contributed by atoms with Gasteiger partial charge in [-0.1, -0.05) is 13.8 Å². The van der Waals surface area contributed by atoms with Crippen molar-refractivity contribution in [1.29, 1.82) is 0 Å². The van der Waals surface area contributed by atoms with Crippen LogP contribution in [0.5, 0.6) is 0 Å². The van der Waals surface area contributed by atoms with Gasteiger partial charge in [0.1, 0.15) is 0 Å². The van der Waals surface area contributed by atoms with Crippen molar-refractivity contribution in [2.75, 3.05) is 5.75 Å².